The van der Waals surface area contributed by atoms with Crippen LogP contribution in [0.25, 0.3) is 11.0 Å². The zero-order chi connectivity index (χ0) is 13.9. The molecule has 4 heteroatoms. The van der Waals surface area contributed by atoms with Crippen molar-refractivity contribution in [1.82, 2.24) is 10.6 Å². The Bertz CT molecular complexity index is 566. The van der Waals surface area contributed by atoms with Crippen molar-refractivity contribution in [2.24, 2.45) is 5.92 Å². The van der Waals surface area contributed by atoms with Crippen LogP contribution in [0.1, 0.15) is 31.6 Å². The quantitative estimate of drug-likeness (QED) is 0.903. The lowest BCUT2D eigenvalue weighted by Crippen LogP contribution is -2.41. The van der Waals surface area contributed by atoms with Gasteiger partial charge in [-0.2, -0.15) is 0 Å². The summed E-state index contributed by atoms with van der Waals surface area (Å²) in [5.41, 5.74) is 0.864. The molecular weight excluding hydrogens is 252 g/mol. The number of benzene rings is 1. The largest absolute Gasteiger partial charge is 0.459 e. The fourth-order valence-electron chi connectivity index (χ4n) is 2.69. The van der Waals surface area contributed by atoms with Gasteiger partial charge < -0.3 is 15.1 Å². The molecule has 0 spiro atoms. The van der Waals surface area contributed by atoms with Gasteiger partial charge in [0.2, 0.25) is 5.91 Å². The zero-order valence-corrected chi connectivity index (χ0v) is 11.7. The highest BCUT2D eigenvalue weighted by Gasteiger charge is 2.23. The van der Waals surface area contributed by atoms with E-state index in [1.807, 2.05) is 37.3 Å². The molecule has 1 aliphatic rings. The predicted octanol–water partition coefficient (Wildman–Crippen LogP) is 2.61. The lowest BCUT2D eigenvalue weighted by atomic mass is 9.98. The molecule has 1 aromatic heterocycles. The van der Waals surface area contributed by atoms with Crippen LogP contribution in [-0.2, 0) is 4.79 Å². The van der Waals surface area contributed by atoms with Crippen LogP contribution >= 0.6 is 0 Å². The summed E-state index contributed by atoms with van der Waals surface area (Å²) in [6.45, 7) is 3.76. The number of para-hydroxylation sites is 1. The summed E-state index contributed by atoms with van der Waals surface area (Å²) in [5.74, 6) is 1.00. The van der Waals surface area contributed by atoms with Gasteiger partial charge in [-0.05, 0) is 38.4 Å². The number of nitrogens with one attached hydrogen (secondary N) is 2. The SMILES string of the molecule is CC(NC(=O)C1CCCNC1)c1cc2ccccc2o1. The van der Waals surface area contributed by atoms with Crippen molar-refractivity contribution in [1.29, 1.82) is 0 Å². The second-order valence-corrected chi connectivity index (χ2v) is 5.46. The third kappa shape index (κ3) is 2.70. The van der Waals surface area contributed by atoms with E-state index < -0.39 is 0 Å². The second kappa shape index (κ2) is 5.67. The number of carbonyl (C=O) groups excluding carboxylic acids is 1. The molecule has 1 saturated heterocycles. The van der Waals surface area contributed by atoms with Crippen LogP contribution in [0.5, 0.6) is 0 Å². The van der Waals surface area contributed by atoms with E-state index in [1.54, 1.807) is 0 Å². The highest BCUT2D eigenvalue weighted by Crippen LogP contribution is 2.24. The number of amides is 1. The molecular formula is C16H20N2O2. The normalized spacial score (nSPS) is 20.8. The molecule has 3 rings (SSSR count). The smallest absolute Gasteiger partial charge is 0.224 e. The fourth-order valence-corrected chi connectivity index (χ4v) is 2.69. The summed E-state index contributed by atoms with van der Waals surface area (Å²) in [4.78, 5) is 12.2. The van der Waals surface area contributed by atoms with Crippen LogP contribution < -0.4 is 10.6 Å². The van der Waals surface area contributed by atoms with Gasteiger partial charge in [0.25, 0.3) is 0 Å². The van der Waals surface area contributed by atoms with E-state index in [9.17, 15) is 4.79 Å². The lowest BCUT2D eigenvalue weighted by Gasteiger charge is -2.23. The van der Waals surface area contributed by atoms with Gasteiger partial charge in [0.05, 0.1) is 12.0 Å². The molecule has 2 N–H and O–H groups in total. The molecule has 106 valence electrons. The van der Waals surface area contributed by atoms with Crippen LogP contribution in [-0.4, -0.2) is 19.0 Å². The number of rotatable bonds is 3. The molecule has 20 heavy (non-hydrogen) atoms. The topological polar surface area (TPSA) is 54.3 Å². The molecule has 0 saturated carbocycles. The minimum absolute atomic E-state index is 0.0792. The fraction of sp³-hybridized carbons (Fsp3) is 0.438. The molecule has 2 atom stereocenters. The third-order valence-corrected chi connectivity index (χ3v) is 3.90. The maximum Gasteiger partial charge on any atom is 0.224 e. The highest BCUT2D eigenvalue weighted by atomic mass is 16.3. The molecule has 1 aliphatic heterocycles. The minimum Gasteiger partial charge on any atom is -0.459 e. The van der Waals surface area contributed by atoms with Gasteiger partial charge in [0.1, 0.15) is 11.3 Å². The predicted molar refractivity (Wildman–Crippen MR) is 78.4 cm³/mol. The number of carbonyl (C=O) groups is 1. The Balaban J connectivity index is 1.68. The molecule has 2 unspecified atom stereocenters. The van der Waals surface area contributed by atoms with Crippen LogP contribution in [0.15, 0.2) is 34.7 Å². The maximum absolute atomic E-state index is 12.2. The van der Waals surface area contributed by atoms with Crippen molar-refractivity contribution in [3.63, 3.8) is 0 Å². The molecule has 0 radical (unpaired) electrons. The minimum atomic E-state index is -0.100. The number of hydrogen-bond acceptors (Lipinski definition) is 3. The van der Waals surface area contributed by atoms with Crippen molar-refractivity contribution < 1.29 is 9.21 Å². The molecule has 1 fully saturated rings. The van der Waals surface area contributed by atoms with E-state index in [0.29, 0.717) is 0 Å². The average Bonchev–Trinajstić information content (AvgIpc) is 2.92. The van der Waals surface area contributed by atoms with Gasteiger partial charge in [-0.25, -0.2) is 0 Å². The van der Waals surface area contributed by atoms with Gasteiger partial charge in [-0.15, -0.1) is 0 Å². The average molecular weight is 272 g/mol. The first-order chi connectivity index (χ1) is 9.74. The summed E-state index contributed by atoms with van der Waals surface area (Å²) in [6.07, 6.45) is 2.03. The highest BCUT2D eigenvalue weighted by molar-refractivity contribution is 5.80. The first-order valence-electron chi connectivity index (χ1n) is 7.23. The standard InChI is InChI=1S/C16H20N2O2/c1-11(18-16(19)13-6-4-8-17-10-13)15-9-12-5-2-3-7-14(12)20-15/h2-3,5,7,9,11,13,17H,4,6,8,10H2,1H3,(H,18,19). The Labute approximate surface area is 118 Å². The molecule has 0 aliphatic carbocycles. The Morgan fingerprint density at radius 2 is 2.30 bits per heavy atom. The summed E-state index contributed by atoms with van der Waals surface area (Å²) >= 11 is 0. The molecule has 4 nitrogen and oxygen atoms in total. The van der Waals surface area contributed by atoms with Gasteiger partial charge in [0.15, 0.2) is 0 Å². The first-order valence-corrected chi connectivity index (χ1v) is 7.23. The van der Waals surface area contributed by atoms with Crippen LogP contribution in [0.4, 0.5) is 0 Å². The first kappa shape index (κ1) is 13.2. The number of piperidine rings is 1. The van der Waals surface area contributed by atoms with Crippen molar-refractivity contribution >= 4 is 16.9 Å². The maximum atomic E-state index is 12.2. The van der Waals surface area contributed by atoms with Crippen LogP contribution in [0.2, 0.25) is 0 Å². The van der Waals surface area contributed by atoms with E-state index in [1.165, 1.54) is 0 Å². The van der Waals surface area contributed by atoms with Gasteiger partial charge in [-0.1, -0.05) is 18.2 Å². The molecule has 0 bridgehead atoms. The number of hydrogen-bond donors (Lipinski definition) is 2. The number of furan rings is 1. The van der Waals surface area contributed by atoms with Gasteiger partial charge in [-0.3, -0.25) is 4.79 Å². The molecule has 1 amide bonds. The van der Waals surface area contributed by atoms with E-state index in [4.69, 9.17) is 4.42 Å². The molecule has 2 aromatic rings. The lowest BCUT2D eigenvalue weighted by molar-refractivity contribution is -0.126. The van der Waals surface area contributed by atoms with Gasteiger partial charge in [0, 0.05) is 11.9 Å². The molecule has 1 aromatic carbocycles. The monoisotopic (exact) mass is 272 g/mol. The summed E-state index contributed by atoms with van der Waals surface area (Å²) < 4.78 is 5.79. The Morgan fingerprint density at radius 1 is 1.45 bits per heavy atom. The summed E-state index contributed by atoms with van der Waals surface area (Å²) in [5, 5.41) is 7.39. The summed E-state index contributed by atoms with van der Waals surface area (Å²) in [7, 11) is 0. The van der Waals surface area contributed by atoms with Crippen LogP contribution in [0, 0.1) is 5.92 Å². The van der Waals surface area contributed by atoms with E-state index >= 15 is 0 Å². The van der Waals surface area contributed by atoms with E-state index in [0.717, 1.165) is 42.7 Å². The Hall–Kier alpha value is -1.81. The van der Waals surface area contributed by atoms with Crippen molar-refractivity contribution in [3.8, 4) is 0 Å². The number of fused-ring (bicyclic) bond motifs is 1. The van der Waals surface area contributed by atoms with Crippen LogP contribution in [0.3, 0.4) is 0 Å². The van der Waals surface area contributed by atoms with Crippen molar-refractivity contribution in [3.05, 3.63) is 36.1 Å². The Morgan fingerprint density at radius 3 is 3.05 bits per heavy atom. The summed E-state index contributed by atoms with van der Waals surface area (Å²) in [6, 6.07) is 9.79. The third-order valence-electron chi connectivity index (χ3n) is 3.90. The van der Waals surface area contributed by atoms with Crippen molar-refractivity contribution in [2.45, 2.75) is 25.8 Å². The van der Waals surface area contributed by atoms with Crippen molar-refractivity contribution in [2.75, 3.05) is 13.1 Å². The van der Waals surface area contributed by atoms with Gasteiger partial charge >= 0.3 is 0 Å². The van der Waals surface area contributed by atoms with E-state index in [-0.39, 0.29) is 17.9 Å². The Kier molecular flexibility index (Phi) is 3.74. The second-order valence-electron chi connectivity index (χ2n) is 5.46. The zero-order valence-electron chi connectivity index (χ0n) is 11.7. The molecule has 2 heterocycles. The van der Waals surface area contributed by atoms with E-state index in [2.05, 4.69) is 10.6 Å².